The van der Waals surface area contributed by atoms with Crippen molar-refractivity contribution in [3.63, 3.8) is 0 Å². The Morgan fingerprint density at radius 3 is 2.36 bits per heavy atom. The predicted molar refractivity (Wildman–Crippen MR) is 93.9 cm³/mol. The van der Waals surface area contributed by atoms with Gasteiger partial charge in [-0.3, -0.25) is 9.10 Å². The summed E-state index contributed by atoms with van der Waals surface area (Å²) >= 11 is 0. The Labute approximate surface area is 146 Å². The maximum Gasteiger partial charge on any atom is 0.264 e. The molecule has 0 aliphatic rings. The SMILES string of the molecule is CCN(c1ccc(F)cc1)S(=O)(=O)c1ccc(OC)c(NC(C)=O)c1. The molecule has 0 atom stereocenters. The highest BCUT2D eigenvalue weighted by molar-refractivity contribution is 7.92. The number of hydrogen-bond acceptors (Lipinski definition) is 4. The van der Waals surface area contributed by atoms with Crippen LogP contribution < -0.4 is 14.4 Å². The molecule has 1 amide bonds. The number of nitrogens with zero attached hydrogens (tertiary/aromatic N) is 1. The van der Waals surface area contributed by atoms with Crippen molar-refractivity contribution in [3.8, 4) is 5.75 Å². The van der Waals surface area contributed by atoms with E-state index in [-0.39, 0.29) is 23.0 Å². The van der Waals surface area contributed by atoms with E-state index in [9.17, 15) is 17.6 Å². The minimum Gasteiger partial charge on any atom is -0.495 e. The van der Waals surface area contributed by atoms with Crippen LogP contribution in [0.5, 0.6) is 5.75 Å². The summed E-state index contributed by atoms with van der Waals surface area (Å²) < 4.78 is 45.3. The van der Waals surface area contributed by atoms with Crippen molar-refractivity contribution in [1.29, 1.82) is 0 Å². The molecule has 0 fully saturated rings. The van der Waals surface area contributed by atoms with Gasteiger partial charge < -0.3 is 10.1 Å². The summed E-state index contributed by atoms with van der Waals surface area (Å²) in [5.74, 6) is -0.452. The van der Waals surface area contributed by atoms with Crippen molar-refractivity contribution in [2.45, 2.75) is 18.7 Å². The lowest BCUT2D eigenvalue weighted by Crippen LogP contribution is -2.30. The maximum absolute atomic E-state index is 13.1. The van der Waals surface area contributed by atoms with Crippen molar-refractivity contribution in [2.24, 2.45) is 0 Å². The number of amides is 1. The molecule has 6 nitrogen and oxygen atoms in total. The van der Waals surface area contributed by atoms with E-state index >= 15 is 0 Å². The third kappa shape index (κ3) is 4.08. The fourth-order valence-corrected chi connectivity index (χ4v) is 3.86. The molecular formula is C17H19FN2O4S. The fraction of sp³-hybridized carbons (Fsp3) is 0.235. The van der Waals surface area contributed by atoms with E-state index in [2.05, 4.69) is 5.32 Å². The van der Waals surface area contributed by atoms with Crippen LogP contribution in [-0.4, -0.2) is 28.0 Å². The molecule has 0 radical (unpaired) electrons. The number of nitrogens with one attached hydrogen (secondary N) is 1. The second-order valence-corrected chi connectivity index (χ2v) is 7.05. The molecule has 0 unspecified atom stereocenters. The van der Waals surface area contributed by atoms with Crippen molar-refractivity contribution in [2.75, 3.05) is 23.3 Å². The summed E-state index contributed by atoms with van der Waals surface area (Å²) in [6.07, 6.45) is 0. The Morgan fingerprint density at radius 2 is 1.84 bits per heavy atom. The first-order valence-corrected chi connectivity index (χ1v) is 8.97. The number of halogens is 1. The van der Waals surface area contributed by atoms with Crippen LogP contribution in [0.1, 0.15) is 13.8 Å². The average molecular weight is 366 g/mol. The Bertz CT molecular complexity index is 867. The molecule has 0 saturated carbocycles. The third-order valence-electron chi connectivity index (χ3n) is 3.47. The van der Waals surface area contributed by atoms with Crippen LogP contribution in [0.3, 0.4) is 0 Å². The van der Waals surface area contributed by atoms with Crippen LogP contribution in [0.25, 0.3) is 0 Å². The zero-order valence-electron chi connectivity index (χ0n) is 14.1. The molecule has 0 spiro atoms. The lowest BCUT2D eigenvalue weighted by atomic mass is 10.3. The van der Waals surface area contributed by atoms with Gasteiger partial charge in [0.25, 0.3) is 10.0 Å². The Kier molecular flexibility index (Phi) is 5.63. The summed E-state index contributed by atoms with van der Waals surface area (Å²) in [7, 11) is -2.47. The molecule has 2 rings (SSSR count). The first kappa shape index (κ1) is 18.7. The van der Waals surface area contributed by atoms with E-state index in [1.165, 1.54) is 56.5 Å². The number of sulfonamides is 1. The number of anilines is 2. The van der Waals surface area contributed by atoms with Crippen LogP contribution in [0.15, 0.2) is 47.4 Å². The van der Waals surface area contributed by atoms with Gasteiger partial charge in [-0.2, -0.15) is 0 Å². The number of ether oxygens (including phenoxy) is 1. The number of carbonyl (C=O) groups excluding carboxylic acids is 1. The van der Waals surface area contributed by atoms with Gasteiger partial charge in [0.05, 0.1) is 23.4 Å². The number of methoxy groups -OCH3 is 1. The van der Waals surface area contributed by atoms with E-state index in [4.69, 9.17) is 4.74 Å². The zero-order valence-corrected chi connectivity index (χ0v) is 14.9. The van der Waals surface area contributed by atoms with E-state index in [0.29, 0.717) is 11.4 Å². The number of hydrogen-bond donors (Lipinski definition) is 1. The highest BCUT2D eigenvalue weighted by atomic mass is 32.2. The molecular weight excluding hydrogens is 347 g/mol. The molecule has 0 aromatic heterocycles. The van der Waals surface area contributed by atoms with Crippen LogP contribution in [-0.2, 0) is 14.8 Å². The van der Waals surface area contributed by atoms with Gasteiger partial charge in [-0.25, -0.2) is 12.8 Å². The summed E-state index contributed by atoms with van der Waals surface area (Å²) in [6, 6.07) is 9.39. The second kappa shape index (κ2) is 7.52. The molecule has 0 heterocycles. The minimum atomic E-state index is -3.90. The summed E-state index contributed by atoms with van der Waals surface area (Å²) in [5.41, 5.74) is 0.604. The number of benzene rings is 2. The molecule has 2 aromatic carbocycles. The van der Waals surface area contributed by atoms with Crippen LogP contribution in [0.4, 0.5) is 15.8 Å². The number of rotatable bonds is 6. The first-order chi connectivity index (χ1) is 11.8. The van der Waals surface area contributed by atoms with Gasteiger partial charge in [0.15, 0.2) is 0 Å². The van der Waals surface area contributed by atoms with E-state index < -0.39 is 15.8 Å². The lowest BCUT2D eigenvalue weighted by molar-refractivity contribution is -0.114. The molecule has 25 heavy (non-hydrogen) atoms. The first-order valence-electron chi connectivity index (χ1n) is 7.53. The fourth-order valence-electron chi connectivity index (χ4n) is 2.36. The lowest BCUT2D eigenvalue weighted by Gasteiger charge is -2.23. The van der Waals surface area contributed by atoms with Crippen LogP contribution >= 0.6 is 0 Å². The normalized spacial score (nSPS) is 11.0. The van der Waals surface area contributed by atoms with Crippen molar-refractivity contribution in [3.05, 3.63) is 48.3 Å². The van der Waals surface area contributed by atoms with Crippen LogP contribution in [0.2, 0.25) is 0 Å². The van der Waals surface area contributed by atoms with Gasteiger partial charge in [-0.05, 0) is 49.4 Å². The number of carbonyl (C=O) groups is 1. The average Bonchev–Trinajstić information content (AvgIpc) is 2.56. The Morgan fingerprint density at radius 1 is 1.20 bits per heavy atom. The predicted octanol–water partition coefficient (Wildman–Crippen LogP) is 3.01. The molecule has 2 aromatic rings. The van der Waals surface area contributed by atoms with Gasteiger partial charge in [0, 0.05) is 13.5 Å². The molecule has 0 aliphatic heterocycles. The maximum atomic E-state index is 13.1. The molecule has 0 aliphatic carbocycles. The highest BCUT2D eigenvalue weighted by Gasteiger charge is 2.25. The van der Waals surface area contributed by atoms with Crippen LogP contribution in [0, 0.1) is 5.82 Å². The van der Waals surface area contributed by atoms with Gasteiger partial charge in [0.2, 0.25) is 5.91 Å². The third-order valence-corrected chi connectivity index (χ3v) is 5.37. The Balaban J connectivity index is 2.50. The smallest absolute Gasteiger partial charge is 0.264 e. The molecule has 0 saturated heterocycles. The van der Waals surface area contributed by atoms with Crippen molar-refractivity contribution in [1.82, 2.24) is 0 Å². The van der Waals surface area contributed by atoms with Gasteiger partial charge >= 0.3 is 0 Å². The van der Waals surface area contributed by atoms with E-state index in [0.717, 1.165) is 4.31 Å². The van der Waals surface area contributed by atoms with Crippen molar-refractivity contribution < 1.29 is 22.3 Å². The highest BCUT2D eigenvalue weighted by Crippen LogP contribution is 2.30. The zero-order chi connectivity index (χ0) is 18.6. The standard InChI is InChI=1S/C17H19FN2O4S/c1-4-20(14-7-5-13(18)6-8-14)25(22,23)15-9-10-17(24-3)16(11-15)19-12(2)21/h5-11H,4H2,1-3H3,(H,19,21). The van der Waals surface area contributed by atoms with Gasteiger partial charge in [0.1, 0.15) is 11.6 Å². The molecule has 0 bridgehead atoms. The minimum absolute atomic E-state index is 0.0109. The molecule has 134 valence electrons. The molecule has 1 N–H and O–H groups in total. The summed E-state index contributed by atoms with van der Waals surface area (Å²) in [6.45, 7) is 3.16. The van der Waals surface area contributed by atoms with Crippen molar-refractivity contribution >= 4 is 27.3 Å². The Hall–Kier alpha value is -2.61. The largest absolute Gasteiger partial charge is 0.495 e. The topological polar surface area (TPSA) is 75.7 Å². The monoisotopic (exact) mass is 366 g/mol. The second-order valence-electron chi connectivity index (χ2n) is 5.19. The summed E-state index contributed by atoms with van der Waals surface area (Å²) in [4.78, 5) is 11.3. The summed E-state index contributed by atoms with van der Waals surface area (Å²) in [5, 5.41) is 2.54. The van der Waals surface area contributed by atoms with Gasteiger partial charge in [-0.1, -0.05) is 0 Å². The van der Waals surface area contributed by atoms with E-state index in [1.807, 2.05) is 0 Å². The van der Waals surface area contributed by atoms with E-state index in [1.54, 1.807) is 6.92 Å². The van der Waals surface area contributed by atoms with Gasteiger partial charge in [-0.15, -0.1) is 0 Å². The quantitative estimate of drug-likeness (QED) is 0.853. The molecule has 8 heteroatoms.